The van der Waals surface area contributed by atoms with Crippen molar-refractivity contribution in [3.05, 3.63) is 0 Å². The zero-order valence-corrected chi connectivity index (χ0v) is 10.6. The Morgan fingerprint density at radius 2 is 2.07 bits per heavy atom. The van der Waals surface area contributed by atoms with E-state index in [1.54, 1.807) is 0 Å². The fourth-order valence-corrected chi connectivity index (χ4v) is 2.59. The maximum atomic E-state index is 10.0. The van der Waals surface area contributed by atoms with Gasteiger partial charge in [0, 0.05) is 12.5 Å². The van der Waals surface area contributed by atoms with Crippen LogP contribution in [0, 0.1) is 17.3 Å². The molecule has 0 saturated carbocycles. The molecular formula is C13H26O2. The Labute approximate surface area is 94.0 Å². The van der Waals surface area contributed by atoms with Gasteiger partial charge in [-0.15, -0.1) is 0 Å². The summed E-state index contributed by atoms with van der Waals surface area (Å²) in [6.07, 6.45) is 2.97. The normalized spacial score (nSPS) is 26.6. The molecule has 3 atom stereocenters. The molecule has 1 heterocycles. The van der Waals surface area contributed by atoms with E-state index in [-0.39, 0.29) is 6.10 Å². The van der Waals surface area contributed by atoms with Crippen LogP contribution in [0.1, 0.15) is 47.0 Å². The molecule has 1 aliphatic heterocycles. The van der Waals surface area contributed by atoms with Crippen molar-refractivity contribution < 1.29 is 9.84 Å². The van der Waals surface area contributed by atoms with Gasteiger partial charge in [-0.2, -0.15) is 0 Å². The molecule has 3 unspecified atom stereocenters. The number of aliphatic hydroxyl groups excluding tert-OH is 1. The van der Waals surface area contributed by atoms with Crippen molar-refractivity contribution in [3.8, 4) is 0 Å². The van der Waals surface area contributed by atoms with Gasteiger partial charge in [0.05, 0.1) is 12.7 Å². The summed E-state index contributed by atoms with van der Waals surface area (Å²) in [5.41, 5.74) is 0.366. The van der Waals surface area contributed by atoms with Gasteiger partial charge in [-0.25, -0.2) is 0 Å². The van der Waals surface area contributed by atoms with Gasteiger partial charge in [0.1, 0.15) is 0 Å². The zero-order chi connectivity index (χ0) is 11.5. The lowest BCUT2D eigenvalue weighted by Gasteiger charge is -2.26. The lowest BCUT2D eigenvalue weighted by atomic mass is 9.81. The van der Waals surface area contributed by atoms with Gasteiger partial charge in [0.15, 0.2) is 0 Å². The standard InChI is InChI=1S/C13H26O2/c1-10(8-13(2,3)4)7-12(14)11-5-6-15-9-11/h10-12,14H,5-9H2,1-4H3. The highest BCUT2D eigenvalue weighted by molar-refractivity contribution is 4.76. The predicted molar refractivity (Wildman–Crippen MR) is 62.8 cm³/mol. The number of hydrogen-bond donors (Lipinski definition) is 1. The lowest BCUT2D eigenvalue weighted by molar-refractivity contribution is 0.0669. The van der Waals surface area contributed by atoms with Crippen LogP contribution in [-0.2, 0) is 4.74 Å². The monoisotopic (exact) mass is 214 g/mol. The van der Waals surface area contributed by atoms with Gasteiger partial charge in [-0.1, -0.05) is 27.7 Å². The van der Waals surface area contributed by atoms with Gasteiger partial charge in [-0.05, 0) is 30.6 Å². The molecule has 0 bridgehead atoms. The minimum atomic E-state index is -0.162. The highest BCUT2D eigenvalue weighted by atomic mass is 16.5. The van der Waals surface area contributed by atoms with Crippen LogP contribution in [0.15, 0.2) is 0 Å². The molecular weight excluding hydrogens is 188 g/mol. The van der Waals surface area contributed by atoms with Crippen molar-refractivity contribution in [1.29, 1.82) is 0 Å². The third kappa shape index (κ3) is 4.98. The van der Waals surface area contributed by atoms with Crippen molar-refractivity contribution in [1.82, 2.24) is 0 Å². The highest BCUT2D eigenvalue weighted by Gasteiger charge is 2.26. The number of ether oxygens (including phenoxy) is 1. The molecule has 0 aliphatic carbocycles. The van der Waals surface area contributed by atoms with Crippen molar-refractivity contribution in [2.24, 2.45) is 17.3 Å². The summed E-state index contributed by atoms with van der Waals surface area (Å²) in [6.45, 7) is 10.6. The first-order valence-corrected chi connectivity index (χ1v) is 6.14. The van der Waals surface area contributed by atoms with Crippen molar-refractivity contribution in [2.75, 3.05) is 13.2 Å². The summed E-state index contributed by atoms with van der Waals surface area (Å²) in [5.74, 6) is 0.980. The molecule has 2 nitrogen and oxygen atoms in total. The van der Waals surface area contributed by atoms with E-state index in [0.717, 1.165) is 26.1 Å². The number of aliphatic hydroxyl groups is 1. The van der Waals surface area contributed by atoms with Gasteiger partial charge < -0.3 is 9.84 Å². The topological polar surface area (TPSA) is 29.5 Å². The first kappa shape index (κ1) is 13.0. The third-order valence-corrected chi connectivity index (χ3v) is 3.11. The Morgan fingerprint density at radius 3 is 2.53 bits per heavy atom. The third-order valence-electron chi connectivity index (χ3n) is 3.11. The molecule has 1 saturated heterocycles. The van der Waals surface area contributed by atoms with E-state index in [9.17, 15) is 5.11 Å². The van der Waals surface area contributed by atoms with Crippen molar-refractivity contribution in [3.63, 3.8) is 0 Å². The summed E-state index contributed by atoms with van der Waals surface area (Å²) in [7, 11) is 0. The number of rotatable bonds is 4. The van der Waals surface area contributed by atoms with Gasteiger partial charge in [-0.3, -0.25) is 0 Å². The van der Waals surface area contributed by atoms with E-state index in [2.05, 4.69) is 27.7 Å². The second-order valence-corrected chi connectivity index (χ2v) is 6.30. The highest BCUT2D eigenvalue weighted by Crippen LogP contribution is 2.29. The van der Waals surface area contributed by atoms with Crippen LogP contribution < -0.4 is 0 Å². The molecule has 1 aliphatic rings. The molecule has 2 heteroatoms. The average Bonchev–Trinajstić information content (AvgIpc) is 2.50. The zero-order valence-electron chi connectivity index (χ0n) is 10.6. The summed E-state index contributed by atoms with van der Waals surface area (Å²) in [4.78, 5) is 0. The van der Waals surface area contributed by atoms with Crippen LogP contribution in [0.3, 0.4) is 0 Å². The van der Waals surface area contributed by atoms with E-state index in [4.69, 9.17) is 4.74 Å². The van der Waals surface area contributed by atoms with Crippen LogP contribution in [0.2, 0.25) is 0 Å². The van der Waals surface area contributed by atoms with E-state index < -0.39 is 0 Å². The molecule has 15 heavy (non-hydrogen) atoms. The largest absolute Gasteiger partial charge is 0.393 e. The van der Waals surface area contributed by atoms with E-state index in [1.807, 2.05) is 0 Å². The second-order valence-electron chi connectivity index (χ2n) is 6.30. The van der Waals surface area contributed by atoms with E-state index >= 15 is 0 Å². The smallest absolute Gasteiger partial charge is 0.0593 e. The van der Waals surface area contributed by atoms with Crippen LogP contribution >= 0.6 is 0 Å². The summed E-state index contributed by atoms with van der Waals surface area (Å²) >= 11 is 0. The Kier molecular flexibility index (Phi) is 4.60. The lowest BCUT2D eigenvalue weighted by Crippen LogP contribution is -2.24. The maximum Gasteiger partial charge on any atom is 0.0593 e. The molecule has 1 fully saturated rings. The van der Waals surface area contributed by atoms with Crippen LogP contribution in [-0.4, -0.2) is 24.4 Å². The van der Waals surface area contributed by atoms with Crippen LogP contribution in [0.5, 0.6) is 0 Å². The van der Waals surface area contributed by atoms with Crippen molar-refractivity contribution in [2.45, 2.75) is 53.1 Å². The van der Waals surface area contributed by atoms with Gasteiger partial charge >= 0.3 is 0 Å². The van der Waals surface area contributed by atoms with Gasteiger partial charge in [0.25, 0.3) is 0 Å². The number of hydrogen-bond acceptors (Lipinski definition) is 2. The second kappa shape index (κ2) is 5.31. The molecule has 0 amide bonds. The van der Waals surface area contributed by atoms with Gasteiger partial charge in [0.2, 0.25) is 0 Å². The first-order valence-electron chi connectivity index (χ1n) is 6.14. The molecule has 1 N–H and O–H groups in total. The molecule has 0 aromatic carbocycles. The Balaban J connectivity index is 2.27. The predicted octanol–water partition coefficient (Wildman–Crippen LogP) is 2.85. The van der Waals surface area contributed by atoms with E-state index in [1.165, 1.54) is 6.42 Å². The first-order chi connectivity index (χ1) is 6.88. The fraction of sp³-hybridized carbons (Fsp3) is 1.00. The molecule has 90 valence electrons. The Bertz CT molecular complexity index is 177. The quantitative estimate of drug-likeness (QED) is 0.779. The van der Waals surface area contributed by atoms with E-state index in [0.29, 0.717) is 17.3 Å². The Morgan fingerprint density at radius 1 is 1.40 bits per heavy atom. The summed E-state index contributed by atoms with van der Waals surface area (Å²) in [5, 5.41) is 10.0. The van der Waals surface area contributed by atoms with Crippen LogP contribution in [0.4, 0.5) is 0 Å². The van der Waals surface area contributed by atoms with Crippen LogP contribution in [0.25, 0.3) is 0 Å². The SMILES string of the molecule is CC(CC(O)C1CCOC1)CC(C)(C)C. The Hall–Kier alpha value is -0.0800. The average molecular weight is 214 g/mol. The summed E-state index contributed by atoms with van der Waals surface area (Å²) < 4.78 is 5.30. The molecule has 0 radical (unpaired) electrons. The molecule has 0 spiro atoms. The van der Waals surface area contributed by atoms with Crippen molar-refractivity contribution >= 4 is 0 Å². The molecule has 0 aromatic rings. The fourth-order valence-electron chi connectivity index (χ4n) is 2.59. The minimum absolute atomic E-state index is 0.162. The maximum absolute atomic E-state index is 10.0. The molecule has 1 rings (SSSR count). The summed E-state index contributed by atoms with van der Waals surface area (Å²) in [6, 6.07) is 0. The minimum Gasteiger partial charge on any atom is -0.393 e. The molecule has 0 aromatic heterocycles.